The van der Waals surface area contributed by atoms with Gasteiger partial charge in [-0.3, -0.25) is 19.9 Å². The number of pyridine rings is 9. The van der Waals surface area contributed by atoms with E-state index in [1.807, 2.05) is 49.8 Å². The van der Waals surface area contributed by atoms with Gasteiger partial charge in [0.25, 0.3) is 0 Å². The maximum Gasteiger partial charge on any atom is 0.214 e. The van der Waals surface area contributed by atoms with E-state index in [0.717, 1.165) is 34.0 Å². The van der Waals surface area contributed by atoms with E-state index in [2.05, 4.69) is 385 Å². The molecule has 0 aliphatic heterocycles. The molecule has 0 spiro atoms. The lowest BCUT2D eigenvalue weighted by atomic mass is 9.86. The Bertz CT molecular complexity index is 5330. The Hall–Kier alpha value is -11.6. The highest BCUT2D eigenvalue weighted by molar-refractivity contribution is 5.85. The Morgan fingerprint density at radius 3 is 1.02 bits per heavy atom. The van der Waals surface area contributed by atoms with E-state index < -0.39 is 0 Å². The summed E-state index contributed by atoms with van der Waals surface area (Å²) in [4.78, 5) is 19.0. The molecule has 0 bridgehead atoms. The number of aromatic nitrogens is 9. The van der Waals surface area contributed by atoms with Gasteiger partial charge >= 0.3 is 0 Å². The van der Waals surface area contributed by atoms with Crippen LogP contribution in [0, 0.1) is 76.2 Å². The lowest BCUT2D eigenvalue weighted by Crippen LogP contribution is -2.30. The fourth-order valence-electron chi connectivity index (χ4n) is 14.3. The molecule has 0 N–H and O–H groups in total. The number of hydrogen-bond acceptors (Lipinski definition) is 4. The summed E-state index contributed by atoms with van der Waals surface area (Å²) in [7, 11) is 10.3. The summed E-state index contributed by atoms with van der Waals surface area (Å²) in [5.41, 5.74) is 37.8. The van der Waals surface area contributed by atoms with Crippen molar-refractivity contribution in [2.24, 2.45) is 35.2 Å². The molecular weight excluding hydrogens is 1290 g/mol. The normalized spacial score (nSPS) is 10.8. The van der Waals surface area contributed by atoms with Crippen LogP contribution in [0.2, 0.25) is 0 Å². The van der Waals surface area contributed by atoms with Crippen LogP contribution >= 0.6 is 0 Å². The van der Waals surface area contributed by atoms with Gasteiger partial charge in [0.1, 0.15) is 35.2 Å². The minimum atomic E-state index is 0.470. The standard InChI is InChI=1S/C25H23N2.C24H29N2.C20H21N2.C14H17N2.C14H16N/c1-18-10-9-13-21(20-11-5-4-6-12-20)25(18)23-16-19(2)22(17-26-23)24-14-7-8-15-27(24)3;1-16(2)19-10-9-11-20(17(3)4)24(19)22-14-18(5)21(15-25-22)23-12-7-8-13-26(23)6;1-14-8-7-9-15(2)20(14)18-12-16(3)17(13-21-18)19-10-5-6-11-22(19)4;1-10-9-11(2)15-12(3)14(10)13-7-5-6-8-16(13)4;1-11-7-8-13(12(2)10-11)14-6-4-5-9-15(14)3/h4-17H,1-3H3;7-17H,1-6H3;5-13H,1-4H3;5-9H,1-4H3;4-10H,1-3H3/q5*+1. The van der Waals surface area contributed by atoms with E-state index in [1.165, 1.54) is 140 Å². The van der Waals surface area contributed by atoms with Crippen LogP contribution in [0.3, 0.4) is 0 Å². The summed E-state index contributed by atoms with van der Waals surface area (Å²) in [5, 5.41) is 0. The molecule has 0 saturated carbocycles. The minimum Gasteiger partial charge on any atom is -0.258 e. The second kappa shape index (κ2) is 35.3. The number of aryl methyl sites for hydroxylation is 16. The van der Waals surface area contributed by atoms with Crippen molar-refractivity contribution in [3.05, 3.63) is 341 Å². The summed E-state index contributed by atoms with van der Waals surface area (Å²) in [6, 6.07) is 76.6. The van der Waals surface area contributed by atoms with Gasteiger partial charge in [-0.15, -0.1) is 0 Å². The summed E-state index contributed by atoms with van der Waals surface area (Å²) in [5.74, 6) is 0.940. The van der Waals surface area contributed by atoms with E-state index in [9.17, 15) is 0 Å². The van der Waals surface area contributed by atoms with Gasteiger partial charge < -0.3 is 0 Å². The smallest absolute Gasteiger partial charge is 0.214 e. The van der Waals surface area contributed by atoms with Gasteiger partial charge in [0.15, 0.2) is 31.0 Å². The maximum absolute atomic E-state index is 4.90. The molecule has 0 amide bonds. The first-order chi connectivity index (χ1) is 50.9. The van der Waals surface area contributed by atoms with Gasteiger partial charge in [-0.25, -0.2) is 22.8 Å². The highest BCUT2D eigenvalue weighted by Crippen LogP contribution is 2.39. The molecule has 9 heterocycles. The molecule has 14 rings (SSSR count). The molecule has 0 aliphatic carbocycles. The molecule has 0 saturated heterocycles. The fourth-order valence-corrected chi connectivity index (χ4v) is 14.3. The fraction of sp³-hybridized carbons (Fsp3) is 0.227. The van der Waals surface area contributed by atoms with Crippen molar-refractivity contribution in [1.29, 1.82) is 0 Å². The molecule has 9 heteroatoms. The van der Waals surface area contributed by atoms with Crippen LogP contribution in [0.15, 0.2) is 268 Å². The topological polar surface area (TPSA) is 71.0 Å². The summed E-state index contributed by atoms with van der Waals surface area (Å²) in [6.07, 6.45) is 16.4. The quantitative estimate of drug-likeness (QED) is 0.121. The maximum atomic E-state index is 4.90. The van der Waals surface area contributed by atoms with Crippen LogP contribution < -0.4 is 22.8 Å². The third kappa shape index (κ3) is 18.3. The second-order valence-electron chi connectivity index (χ2n) is 28.7. The monoisotopic (exact) mass is 1400 g/mol. The lowest BCUT2D eigenvalue weighted by Gasteiger charge is -2.20. The Balaban J connectivity index is 0.000000144. The zero-order chi connectivity index (χ0) is 75.9. The Labute approximate surface area is 631 Å². The van der Waals surface area contributed by atoms with Crippen molar-refractivity contribution < 1.29 is 22.8 Å². The Kier molecular flexibility index (Phi) is 25.7. The highest BCUT2D eigenvalue weighted by Gasteiger charge is 2.22. The number of hydrogen-bond donors (Lipinski definition) is 0. The molecule has 0 fully saturated rings. The van der Waals surface area contributed by atoms with Gasteiger partial charge in [0.05, 0.1) is 45.0 Å². The zero-order valence-electron chi connectivity index (χ0n) is 66.1. The predicted octanol–water partition coefficient (Wildman–Crippen LogP) is 20.8. The molecule has 0 aliphatic rings. The molecule has 106 heavy (non-hydrogen) atoms. The van der Waals surface area contributed by atoms with Gasteiger partial charge in [0, 0.05) is 107 Å². The van der Waals surface area contributed by atoms with Crippen molar-refractivity contribution in [3.8, 4) is 101 Å². The first-order valence-electron chi connectivity index (χ1n) is 36.9. The molecule has 0 unspecified atom stereocenters. The minimum absolute atomic E-state index is 0.470. The van der Waals surface area contributed by atoms with Crippen LogP contribution in [0.25, 0.3) is 101 Å². The van der Waals surface area contributed by atoms with Gasteiger partial charge in [-0.1, -0.05) is 130 Å². The molecule has 5 aromatic carbocycles. The largest absolute Gasteiger partial charge is 0.258 e. The molecule has 0 atom stereocenters. The average Bonchev–Trinajstić information content (AvgIpc) is 0.784. The summed E-state index contributed by atoms with van der Waals surface area (Å²) >= 11 is 0. The van der Waals surface area contributed by atoms with Crippen molar-refractivity contribution in [1.82, 2.24) is 19.9 Å². The Morgan fingerprint density at radius 2 is 0.623 bits per heavy atom. The second-order valence-corrected chi connectivity index (χ2v) is 28.7. The van der Waals surface area contributed by atoms with Gasteiger partial charge in [-0.05, 0) is 215 Å². The predicted molar refractivity (Wildman–Crippen MR) is 438 cm³/mol. The van der Waals surface area contributed by atoms with Crippen molar-refractivity contribution >= 4 is 0 Å². The number of benzene rings is 5. The number of rotatable bonds is 11. The molecule has 0 radical (unpaired) electrons. The molecular formula is C97H106N9+5. The van der Waals surface area contributed by atoms with Crippen molar-refractivity contribution in [2.45, 2.75) is 116 Å². The van der Waals surface area contributed by atoms with E-state index >= 15 is 0 Å². The molecule has 9 nitrogen and oxygen atoms in total. The molecule has 14 aromatic rings. The SMILES string of the molecule is Cc1cc(-c2c(C(C)C)cccc2C(C)C)ncc1-c1cccc[n+]1C.Cc1cc(-c2c(C)cccc2-c2ccccc2)ncc1-c1cccc[n+]1C.Cc1cc(-c2c(C)cccc2C)ncc1-c1cccc[n+]1C.Cc1cc(C)c(-c2cccc[n+]2C)c(C)n1.Cc1ccc(-c2cccc[n+]2C)c(C)c1. The molecule has 534 valence electrons. The van der Waals surface area contributed by atoms with Gasteiger partial charge in [0.2, 0.25) is 28.5 Å². The van der Waals surface area contributed by atoms with Gasteiger partial charge in [-0.2, -0.15) is 0 Å². The zero-order valence-corrected chi connectivity index (χ0v) is 66.1. The summed E-state index contributed by atoms with van der Waals surface area (Å²) in [6.45, 7) is 32.5. The van der Waals surface area contributed by atoms with Crippen LogP contribution in [-0.4, -0.2) is 19.9 Å². The first kappa shape index (κ1) is 77.1. The molecule has 9 aromatic heterocycles. The highest BCUT2D eigenvalue weighted by atomic mass is 14.9. The van der Waals surface area contributed by atoms with E-state index in [1.54, 1.807) is 0 Å². The first-order valence-corrected chi connectivity index (χ1v) is 36.9. The van der Waals surface area contributed by atoms with E-state index in [-0.39, 0.29) is 0 Å². The van der Waals surface area contributed by atoms with E-state index in [0.29, 0.717) is 11.8 Å². The van der Waals surface area contributed by atoms with Crippen molar-refractivity contribution in [2.75, 3.05) is 0 Å². The average molecular weight is 1400 g/mol. The van der Waals surface area contributed by atoms with Crippen LogP contribution in [-0.2, 0) is 35.2 Å². The van der Waals surface area contributed by atoms with Crippen LogP contribution in [0.4, 0.5) is 0 Å². The number of nitrogens with zero attached hydrogens (tertiary/aromatic N) is 9. The van der Waals surface area contributed by atoms with Crippen LogP contribution in [0.1, 0.15) is 112 Å². The third-order valence-corrected chi connectivity index (χ3v) is 19.9. The lowest BCUT2D eigenvalue weighted by molar-refractivity contribution is -0.660. The van der Waals surface area contributed by atoms with E-state index in [4.69, 9.17) is 15.0 Å². The van der Waals surface area contributed by atoms with Crippen molar-refractivity contribution in [3.63, 3.8) is 0 Å². The third-order valence-electron chi connectivity index (χ3n) is 19.9. The Morgan fingerprint density at radius 1 is 0.264 bits per heavy atom. The van der Waals surface area contributed by atoms with Crippen LogP contribution in [0.5, 0.6) is 0 Å². The summed E-state index contributed by atoms with van der Waals surface area (Å²) < 4.78 is 10.7.